The van der Waals surface area contributed by atoms with E-state index >= 15 is 0 Å². The summed E-state index contributed by atoms with van der Waals surface area (Å²) in [6, 6.07) is 4.65. The van der Waals surface area contributed by atoms with Crippen molar-refractivity contribution in [2.75, 3.05) is 6.54 Å². The molecule has 1 fully saturated rings. The smallest absolute Gasteiger partial charge is 0.242 e. The van der Waals surface area contributed by atoms with Crippen molar-refractivity contribution in [2.24, 2.45) is 11.7 Å². The zero-order valence-electron chi connectivity index (χ0n) is 10.7. The Labute approximate surface area is 139 Å². The largest absolute Gasteiger partial charge is 0.330 e. The van der Waals surface area contributed by atoms with Crippen LogP contribution in [0, 0.1) is 5.92 Å². The Morgan fingerprint density at radius 2 is 2.10 bits per heavy atom. The molecule has 1 aromatic carbocycles. The predicted molar refractivity (Wildman–Crippen MR) is 86.9 cm³/mol. The summed E-state index contributed by atoms with van der Waals surface area (Å²) in [4.78, 5) is 0.111. The molecule has 2 atom stereocenters. The van der Waals surface area contributed by atoms with Crippen LogP contribution in [0.1, 0.15) is 19.3 Å². The first-order chi connectivity index (χ1) is 8.94. The summed E-state index contributed by atoms with van der Waals surface area (Å²) in [5, 5.41) is 0.212. The summed E-state index contributed by atoms with van der Waals surface area (Å²) in [5.41, 5.74) is 5.66. The van der Waals surface area contributed by atoms with Crippen molar-refractivity contribution in [3.05, 3.63) is 27.7 Å². The summed E-state index contributed by atoms with van der Waals surface area (Å²) in [6.45, 7) is 0.501. The molecule has 8 heteroatoms. The van der Waals surface area contributed by atoms with Crippen LogP contribution >= 0.6 is 39.9 Å². The average Bonchev–Trinajstić information content (AvgIpc) is 2.74. The number of halogens is 3. The van der Waals surface area contributed by atoms with Crippen LogP contribution in [-0.4, -0.2) is 21.0 Å². The van der Waals surface area contributed by atoms with E-state index in [0.29, 0.717) is 6.54 Å². The number of hydrogen-bond acceptors (Lipinski definition) is 3. The van der Waals surface area contributed by atoms with Gasteiger partial charge in [-0.25, -0.2) is 13.1 Å². The maximum atomic E-state index is 12.3. The first-order valence-corrected chi connectivity index (χ1v) is 8.77. The van der Waals surface area contributed by atoms with Crippen molar-refractivity contribution < 1.29 is 8.42 Å². The van der Waals surface area contributed by atoms with Crippen LogP contribution in [0.2, 0.25) is 5.02 Å². The minimum absolute atomic E-state index is 0. The molecule has 4 nitrogen and oxygen atoms in total. The van der Waals surface area contributed by atoms with Crippen LogP contribution in [0.5, 0.6) is 0 Å². The van der Waals surface area contributed by atoms with Crippen molar-refractivity contribution in [3.8, 4) is 0 Å². The van der Waals surface area contributed by atoms with Crippen LogP contribution in [-0.2, 0) is 10.0 Å². The molecular weight excluding hydrogens is 387 g/mol. The Morgan fingerprint density at radius 3 is 2.70 bits per heavy atom. The maximum absolute atomic E-state index is 12.3. The summed E-state index contributed by atoms with van der Waals surface area (Å²) >= 11 is 9.25. The molecule has 0 radical (unpaired) electrons. The third kappa shape index (κ3) is 4.08. The number of sulfonamides is 1. The topological polar surface area (TPSA) is 72.2 Å². The predicted octanol–water partition coefficient (Wildman–Crippen LogP) is 2.93. The van der Waals surface area contributed by atoms with E-state index in [1.807, 2.05) is 0 Å². The molecule has 0 saturated heterocycles. The monoisotopic (exact) mass is 402 g/mol. The number of nitrogens with one attached hydrogen (secondary N) is 1. The SMILES string of the molecule is Cl.NCC1CCCC1NS(=O)(=O)c1ccc(Br)cc1Cl. The van der Waals surface area contributed by atoms with Gasteiger partial charge in [0.2, 0.25) is 10.0 Å². The van der Waals surface area contributed by atoms with Crippen LogP contribution in [0.25, 0.3) is 0 Å². The highest BCUT2D eigenvalue weighted by atomic mass is 79.9. The van der Waals surface area contributed by atoms with Gasteiger partial charge in [0.1, 0.15) is 4.90 Å². The van der Waals surface area contributed by atoms with Crippen molar-refractivity contribution in [2.45, 2.75) is 30.2 Å². The quantitative estimate of drug-likeness (QED) is 0.811. The minimum Gasteiger partial charge on any atom is -0.330 e. The summed E-state index contributed by atoms with van der Waals surface area (Å²) < 4.78 is 28.1. The molecule has 1 aliphatic carbocycles. The lowest BCUT2D eigenvalue weighted by atomic mass is 10.1. The fourth-order valence-electron chi connectivity index (χ4n) is 2.43. The van der Waals surface area contributed by atoms with Gasteiger partial charge in [-0.05, 0) is 43.5 Å². The van der Waals surface area contributed by atoms with Crippen LogP contribution in [0.4, 0.5) is 0 Å². The van der Waals surface area contributed by atoms with E-state index in [9.17, 15) is 8.42 Å². The Bertz CT molecular complexity index is 569. The lowest BCUT2D eigenvalue weighted by Crippen LogP contribution is -2.39. The number of benzene rings is 1. The molecule has 1 aliphatic rings. The van der Waals surface area contributed by atoms with Crippen molar-refractivity contribution in [3.63, 3.8) is 0 Å². The number of hydrogen-bond donors (Lipinski definition) is 2. The lowest BCUT2D eigenvalue weighted by Gasteiger charge is -2.19. The zero-order valence-corrected chi connectivity index (χ0v) is 14.7. The normalized spacial score (nSPS) is 22.6. The number of rotatable bonds is 4. The van der Waals surface area contributed by atoms with Gasteiger partial charge >= 0.3 is 0 Å². The Balaban J connectivity index is 0.00000200. The Kier molecular flexibility index (Phi) is 6.76. The Hall–Kier alpha value is 0.150. The summed E-state index contributed by atoms with van der Waals surface area (Å²) in [5.74, 6) is 0.212. The van der Waals surface area contributed by atoms with Gasteiger partial charge in [0, 0.05) is 10.5 Å². The summed E-state index contributed by atoms with van der Waals surface area (Å²) in [7, 11) is -3.59. The summed E-state index contributed by atoms with van der Waals surface area (Å²) in [6.07, 6.45) is 2.80. The highest BCUT2D eigenvalue weighted by molar-refractivity contribution is 9.10. The zero-order chi connectivity index (χ0) is 14.0. The Morgan fingerprint density at radius 1 is 1.40 bits per heavy atom. The number of nitrogens with two attached hydrogens (primary N) is 1. The van der Waals surface area contributed by atoms with E-state index in [4.69, 9.17) is 17.3 Å². The third-order valence-corrected chi connectivity index (χ3v) is 5.92. The fourth-order valence-corrected chi connectivity index (χ4v) is 4.81. The van der Waals surface area contributed by atoms with Gasteiger partial charge in [-0.15, -0.1) is 12.4 Å². The van der Waals surface area contributed by atoms with E-state index in [2.05, 4.69) is 20.7 Å². The van der Waals surface area contributed by atoms with E-state index < -0.39 is 10.0 Å². The van der Waals surface area contributed by atoms with Gasteiger partial charge in [0.05, 0.1) is 5.02 Å². The highest BCUT2D eigenvalue weighted by Crippen LogP contribution is 2.29. The van der Waals surface area contributed by atoms with E-state index in [1.54, 1.807) is 12.1 Å². The third-order valence-electron chi connectivity index (χ3n) is 3.45. The minimum atomic E-state index is -3.59. The van der Waals surface area contributed by atoms with Gasteiger partial charge in [-0.2, -0.15) is 0 Å². The molecule has 0 amide bonds. The van der Waals surface area contributed by atoms with Crippen LogP contribution in [0.15, 0.2) is 27.6 Å². The molecule has 20 heavy (non-hydrogen) atoms. The van der Waals surface area contributed by atoms with Crippen molar-refractivity contribution >= 4 is 50.0 Å². The molecule has 1 saturated carbocycles. The molecule has 0 aromatic heterocycles. The molecule has 0 bridgehead atoms. The van der Waals surface area contributed by atoms with Gasteiger partial charge in [-0.3, -0.25) is 0 Å². The first kappa shape index (κ1) is 18.2. The molecule has 3 N–H and O–H groups in total. The fraction of sp³-hybridized carbons (Fsp3) is 0.500. The maximum Gasteiger partial charge on any atom is 0.242 e. The second-order valence-electron chi connectivity index (χ2n) is 4.73. The molecule has 2 unspecified atom stereocenters. The molecule has 0 aliphatic heterocycles. The molecular formula is C12H17BrCl2N2O2S. The van der Waals surface area contributed by atoms with Gasteiger partial charge in [0.15, 0.2) is 0 Å². The van der Waals surface area contributed by atoms with Gasteiger partial charge in [-0.1, -0.05) is 34.0 Å². The second-order valence-corrected chi connectivity index (χ2v) is 7.73. The van der Waals surface area contributed by atoms with E-state index in [0.717, 1.165) is 23.7 Å². The van der Waals surface area contributed by atoms with E-state index in [1.165, 1.54) is 6.07 Å². The molecule has 1 aromatic rings. The molecule has 0 spiro atoms. The van der Waals surface area contributed by atoms with E-state index in [-0.39, 0.29) is 34.3 Å². The molecule has 0 heterocycles. The standard InChI is InChI=1S/C12H16BrClN2O2S.ClH/c13-9-4-5-12(10(14)6-9)19(17,18)16-11-3-1-2-8(11)7-15;/h4-6,8,11,16H,1-3,7,15H2;1H. The highest BCUT2D eigenvalue weighted by Gasteiger charge is 2.31. The van der Waals surface area contributed by atoms with Crippen LogP contribution < -0.4 is 10.5 Å². The second kappa shape index (κ2) is 7.42. The molecule has 2 rings (SSSR count). The first-order valence-electron chi connectivity index (χ1n) is 6.11. The van der Waals surface area contributed by atoms with Crippen molar-refractivity contribution in [1.29, 1.82) is 0 Å². The van der Waals surface area contributed by atoms with Gasteiger partial charge < -0.3 is 5.73 Å². The van der Waals surface area contributed by atoms with Crippen LogP contribution in [0.3, 0.4) is 0 Å². The average molecular weight is 404 g/mol. The molecule has 114 valence electrons. The van der Waals surface area contributed by atoms with Crippen molar-refractivity contribution in [1.82, 2.24) is 4.72 Å². The van der Waals surface area contributed by atoms with Gasteiger partial charge in [0.25, 0.3) is 0 Å². The lowest BCUT2D eigenvalue weighted by molar-refractivity contribution is 0.453.